The van der Waals surface area contributed by atoms with E-state index in [1.165, 1.54) is 37.9 Å². The first-order valence-electron chi connectivity index (χ1n) is 11.7. The quantitative estimate of drug-likeness (QED) is 0.350. The maximum absolute atomic E-state index is 9.94. The Morgan fingerprint density at radius 1 is 1.06 bits per heavy atom. The third-order valence-electron chi connectivity index (χ3n) is 6.53. The number of fused-ring (bicyclic) bond motifs is 3. The van der Waals surface area contributed by atoms with Crippen LogP contribution in [0.25, 0.3) is 21.9 Å². The van der Waals surface area contributed by atoms with Gasteiger partial charge in [-0.1, -0.05) is 43.7 Å². The van der Waals surface area contributed by atoms with Gasteiger partial charge < -0.3 is 20.3 Å². The topological polar surface area (TPSA) is 77.1 Å². The highest BCUT2D eigenvalue weighted by Crippen LogP contribution is 2.33. The van der Waals surface area contributed by atoms with E-state index in [-0.39, 0.29) is 11.7 Å². The van der Waals surface area contributed by atoms with Gasteiger partial charge >= 0.3 is 0 Å². The van der Waals surface area contributed by atoms with Crippen molar-refractivity contribution >= 4 is 27.8 Å². The van der Waals surface area contributed by atoms with Crippen molar-refractivity contribution in [1.82, 2.24) is 19.9 Å². The number of nitrogens with zero attached hydrogens (tertiary/aromatic N) is 3. The predicted molar refractivity (Wildman–Crippen MR) is 130 cm³/mol. The average Bonchev–Trinajstić information content (AvgIpc) is 3.20. The van der Waals surface area contributed by atoms with Crippen LogP contribution in [0.4, 0.5) is 5.82 Å². The molecular formula is C26H31N5O. The van der Waals surface area contributed by atoms with Crippen LogP contribution < -0.4 is 5.32 Å². The van der Waals surface area contributed by atoms with Crippen molar-refractivity contribution in [3.8, 4) is 5.75 Å². The van der Waals surface area contributed by atoms with E-state index in [0.717, 1.165) is 53.1 Å². The number of phenols is 1. The van der Waals surface area contributed by atoms with Gasteiger partial charge in [0.2, 0.25) is 0 Å². The summed E-state index contributed by atoms with van der Waals surface area (Å²) >= 11 is 0. The number of likely N-dealkylation sites (tertiary alicyclic amines) is 1. The Kier molecular flexibility index (Phi) is 5.95. The molecule has 5 rings (SSSR count). The third kappa shape index (κ3) is 4.28. The Bertz CT molecular complexity index is 1200. The first-order chi connectivity index (χ1) is 15.7. The summed E-state index contributed by atoms with van der Waals surface area (Å²) in [6.45, 7) is 6.58. The third-order valence-corrected chi connectivity index (χ3v) is 6.53. The van der Waals surface area contributed by atoms with Crippen molar-refractivity contribution in [2.45, 2.75) is 38.5 Å². The lowest BCUT2D eigenvalue weighted by Crippen LogP contribution is -2.31. The fourth-order valence-electron chi connectivity index (χ4n) is 4.71. The van der Waals surface area contributed by atoms with Crippen LogP contribution in [0.15, 0.2) is 48.5 Å². The molecule has 0 amide bonds. The second-order valence-corrected chi connectivity index (χ2v) is 8.82. The fourth-order valence-corrected chi connectivity index (χ4v) is 4.71. The maximum Gasteiger partial charge on any atom is 0.144 e. The van der Waals surface area contributed by atoms with Crippen molar-refractivity contribution in [1.29, 1.82) is 0 Å². The number of benzene rings is 2. The highest BCUT2D eigenvalue weighted by Gasteiger charge is 2.18. The maximum atomic E-state index is 9.94. The normalized spacial score (nSPS) is 15.9. The lowest BCUT2D eigenvalue weighted by atomic mass is 10.0. The molecule has 3 heterocycles. The Balaban J connectivity index is 1.45. The van der Waals surface area contributed by atoms with Crippen molar-refractivity contribution in [2.24, 2.45) is 0 Å². The van der Waals surface area contributed by atoms with Crippen LogP contribution in [0.2, 0.25) is 0 Å². The molecule has 1 aliphatic rings. The number of hydrogen-bond acceptors (Lipinski definition) is 5. The number of aromatic amines is 1. The number of hydrogen-bond donors (Lipinski definition) is 3. The van der Waals surface area contributed by atoms with Crippen LogP contribution >= 0.6 is 0 Å². The summed E-state index contributed by atoms with van der Waals surface area (Å²) in [6, 6.07) is 15.8. The molecular weight excluding hydrogens is 398 g/mol. The number of piperidine rings is 1. The molecule has 0 radical (unpaired) electrons. The Labute approximate surface area is 188 Å². The number of aromatic hydroxyl groups is 1. The molecule has 1 atom stereocenters. The zero-order valence-corrected chi connectivity index (χ0v) is 18.6. The Morgan fingerprint density at radius 3 is 2.69 bits per heavy atom. The highest BCUT2D eigenvalue weighted by atomic mass is 16.3. The van der Waals surface area contributed by atoms with Gasteiger partial charge in [-0.25, -0.2) is 9.97 Å². The standard InChI is InChI=1S/C26H31N5O/c1-18(19-9-4-2-5-10-19)24-29-25(27-13-8-16-31-14-6-3-7-15-31)23-21-12-11-20(32)17-22(21)28-26(23)30-24/h2,4-5,9-12,17-18,32H,3,6-8,13-16H2,1H3,(H2,27,28,29,30). The molecule has 1 unspecified atom stereocenters. The summed E-state index contributed by atoms with van der Waals surface area (Å²) in [6.07, 6.45) is 5.09. The molecule has 1 fully saturated rings. The van der Waals surface area contributed by atoms with Crippen LogP contribution in [0.3, 0.4) is 0 Å². The molecule has 0 spiro atoms. The SMILES string of the molecule is CC(c1ccccc1)c1nc(NCCCN2CCCCC2)c2c(n1)[nH]c1cc(O)ccc12. The van der Waals surface area contributed by atoms with Crippen LogP contribution in [0, 0.1) is 0 Å². The van der Waals surface area contributed by atoms with Gasteiger partial charge in [0, 0.05) is 23.9 Å². The number of phenolic OH excluding ortho intramolecular Hbond substituents is 1. The first-order valence-corrected chi connectivity index (χ1v) is 11.7. The molecule has 166 valence electrons. The van der Waals surface area contributed by atoms with Gasteiger partial charge in [-0.3, -0.25) is 0 Å². The van der Waals surface area contributed by atoms with Crippen molar-refractivity contribution in [2.75, 3.05) is 31.5 Å². The number of rotatable bonds is 7. The van der Waals surface area contributed by atoms with E-state index in [2.05, 4.69) is 46.4 Å². The molecule has 2 aromatic heterocycles. The lowest BCUT2D eigenvalue weighted by molar-refractivity contribution is 0.228. The molecule has 32 heavy (non-hydrogen) atoms. The van der Waals surface area contributed by atoms with Gasteiger partial charge in [0.25, 0.3) is 0 Å². The zero-order valence-electron chi connectivity index (χ0n) is 18.6. The van der Waals surface area contributed by atoms with E-state index >= 15 is 0 Å². The minimum Gasteiger partial charge on any atom is -0.508 e. The molecule has 3 N–H and O–H groups in total. The molecule has 6 heteroatoms. The van der Waals surface area contributed by atoms with Crippen molar-refractivity contribution in [3.05, 3.63) is 59.9 Å². The van der Waals surface area contributed by atoms with Gasteiger partial charge in [-0.15, -0.1) is 0 Å². The molecule has 0 aliphatic carbocycles. The van der Waals surface area contributed by atoms with E-state index in [0.29, 0.717) is 0 Å². The second kappa shape index (κ2) is 9.17. The molecule has 0 bridgehead atoms. The smallest absolute Gasteiger partial charge is 0.144 e. The van der Waals surface area contributed by atoms with E-state index in [9.17, 15) is 5.11 Å². The van der Waals surface area contributed by atoms with E-state index in [1.54, 1.807) is 12.1 Å². The van der Waals surface area contributed by atoms with Crippen LogP contribution in [-0.4, -0.2) is 51.1 Å². The summed E-state index contributed by atoms with van der Waals surface area (Å²) in [5.74, 6) is 1.97. The summed E-state index contributed by atoms with van der Waals surface area (Å²) in [4.78, 5) is 15.8. The van der Waals surface area contributed by atoms with Crippen LogP contribution in [0.1, 0.15) is 49.9 Å². The lowest BCUT2D eigenvalue weighted by Gasteiger charge is -2.26. The fraction of sp³-hybridized carbons (Fsp3) is 0.385. The monoisotopic (exact) mass is 429 g/mol. The number of nitrogens with one attached hydrogen (secondary N) is 2. The summed E-state index contributed by atoms with van der Waals surface area (Å²) < 4.78 is 0. The van der Waals surface area contributed by atoms with Gasteiger partial charge in [-0.2, -0.15) is 0 Å². The molecule has 6 nitrogen and oxygen atoms in total. The molecule has 1 aliphatic heterocycles. The first kappa shape index (κ1) is 20.8. The Morgan fingerprint density at radius 2 is 1.88 bits per heavy atom. The van der Waals surface area contributed by atoms with Crippen molar-refractivity contribution < 1.29 is 5.11 Å². The predicted octanol–water partition coefficient (Wildman–Crippen LogP) is 5.26. The van der Waals surface area contributed by atoms with E-state index < -0.39 is 0 Å². The molecule has 2 aromatic carbocycles. The zero-order chi connectivity index (χ0) is 21.9. The van der Waals surface area contributed by atoms with Crippen LogP contribution in [-0.2, 0) is 0 Å². The summed E-state index contributed by atoms with van der Waals surface area (Å²) in [5, 5.41) is 15.6. The molecule has 4 aromatic rings. The van der Waals surface area contributed by atoms with Crippen LogP contribution in [0.5, 0.6) is 5.75 Å². The summed E-state index contributed by atoms with van der Waals surface area (Å²) in [7, 11) is 0. The number of H-pyrrole nitrogens is 1. The van der Waals surface area contributed by atoms with Gasteiger partial charge in [0.05, 0.1) is 10.9 Å². The number of anilines is 1. The average molecular weight is 430 g/mol. The second-order valence-electron chi connectivity index (χ2n) is 8.82. The van der Waals surface area contributed by atoms with Gasteiger partial charge in [0.1, 0.15) is 23.0 Å². The minimum atomic E-state index is 0.0781. The molecule has 0 saturated carbocycles. The number of aromatic nitrogens is 3. The van der Waals surface area contributed by atoms with Gasteiger partial charge in [-0.05, 0) is 56.6 Å². The molecule has 1 saturated heterocycles. The van der Waals surface area contributed by atoms with E-state index in [1.807, 2.05) is 12.1 Å². The largest absolute Gasteiger partial charge is 0.508 e. The van der Waals surface area contributed by atoms with E-state index in [4.69, 9.17) is 9.97 Å². The van der Waals surface area contributed by atoms with Crippen molar-refractivity contribution in [3.63, 3.8) is 0 Å². The highest BCUT2D eigenvalue weighted by molar-refractivity contribution is 6.11. The minimum absolute atomic E-state index is 0.0781. The Hall–Kier alpha value is -3.12. The summed E-state index contributed by atoms with van der Waals surface area (Å²) in [5.41, 5.74) is 2.86. The van der Waals surface area contributed by atoms with Gasteiger partial charge in [0.15, 0.2) is 0 Å².